The molecule has 1 aliphatic carbocycles. The molecule has 1 aliphatic heterocycles. The van der Waals surface area contributed by atoms with Crippen LogP contribution < -0.4 is 0 Å². The zero-order chi connectivity index (χ0) is 9.26. The molecule has 0 aromatic carbocycles. The van der Waals surface area contributed by atoms with Crippen molar-refractivity contribution in [2.75, 3.05) is 13.1 Å². The van der Waals surface area contributed by atoms with Crippen LogP contribution in [0.2, 0.25) is 0 Å². The molecule has 2 rings (SSSR count). The van der Waals surface area contributed by atoms with Gasteiger partial charge in [-0.3, -0.25) is 5.41 Å². The maximum atomic E-state index is 8.10. The van der Waals surface area contributed by atoms with Gasteiger partial charge in [0.1, 0.15) is 0 Å². The Hall–Kier alpha value is -0.530. The van der Waals surface area contributed by atoms with Gasteiger partial charge in [0, 0.05) is 19.0 Å². The normalized spacial score (nSPS) is 29.9. The van der Waals surface area contributed by atoms with Gasteiger partial charge >= 0.3 is 0 Å². The van der Waals surface area contributed by atoms with Crippen LogP contribution in [0.3, 0.4) is 0 Å². The first-order chi connectivity index (χ1) is 6.27. The zero-order valence-corrected chi connectivity index (χ0v) is 8.55. The molecular formula is C11H20N2. The molecule has 0 bridgehead atoms. The quantitative estimate of drug-likeness (QED) is 0.487. The molecule has 2 aliphatic rings. The summed E-state index contributed by atoms with van der Waals surface area (Å²) in [5.74, 6) is 2.36. The molecule has 2 heteroatoms. The lowest BCUT2D eigenvalue weighted by atomic mass is 10.1. The lowest BCUT2D eigenvalue weighted by Gasteiger charge is -2.23. The monoisotopic (exact) mass is 180 g/mol. The van der Waals surface area contributed by atoms with Crippen LogP contribution in [0.5, 0.6) is 0 Å². The molecule has 1 unspecified atom stereocenters. The van der Waals surface area contributed by atoms with Crippen molar-refractivity contribution < 1.29 is 0 Å². The van der Waals surface area contributed by atoms with Crippen molar-refractivity contribution in [2.45, 2.75) is 39.0 Å². The van der Waals surface area contributed by atoms with Crippen LogP contribution in [0.4, 0.5) is 0 Å². The van der Waals surface area contributed by atoms with E-state index in [1.165, 1.54) is 32.1 Å². The van der Waals surface area contributed by atoms with Crippen molar-refractivity contribution in [3.05, 3.63) is 0 Å². The standard InChI is InChI=1S/C11H20N2/c1-9-6-7-13(8-9)11(12)10-4-2-3-5-10/h9-10,12H,2-8H2,1H3. The molecule has 1 N–H and O–H groups in total. The Balaban J connectivity index is 1.89. The molecule has 74 valence electrons. The van der Waals surface area contributed by atoms with Crippen LogP contribution in [-0.4, -0.2) is 23.8 Å². The van der Waals surface area contributed by atoms with Crippen molar-refractivity contribution >= 4 is 5.84 Å². The number of likely N-dealkylation sites (tertiary alicyclic amines) is 1. The second-order valence-corrected chi connectivity index (χ2v) is 4.71. The average molecular weight is 180 g/mol. The van der Waals surface area contributed by atoms with Crippen LogP contribution in [0.1, 0.15) is 39.0 Å². The fourth-order valence-electron chi connectivity index (χ4n) is 2.61. The summed E-state index contributed by atoms with van der Waals surface area (Å²) >= 11 is 0. The molecule has 0 amide bonds. The number of nitrogens with one attached hydrogen (secondary N) is 1. The van der Waals surface area contributed by atoms with Crippen molar-refractivity contribution in [3.8, 4) is 0 Å². The second kappa shape index (κ2) is 3.69. The first-order valence-corrected chi connectivity index (χ1v) is 5.61. The molecule has 1 atom stereocenters. The third-order valence-electron chi connectivity index (χ3n) is 3.51. The highest BCUT2D eigenvalue weighted by molar-refractivity contribution is 5.82. The van der Waals surface area contributed by atoms with Crippen LogP contribution in [0.25, 0.3) is 0 Å². The van der Waals surface area contributed by atoms with Gasteiger partial charge in [-0.05, 0) is 25.2 Å². The predicted molar refractivity (Wildman–Crippen MR) is 55.0 cm³/mol. The molecule has 13 heavy (non-hydrogen) atoms. The summed E-state index contributed by atoms with van der Waals surface area (Å²) in [6, 6.07) is 0. The van der Waals surface area contributed by atoms with E-state index >= 15 is 0 Å². The van der Waals surface area contributed by atoms with Crippen LogP contribution in [0.15, 0.2) is 0 Å². The Morgan fingerprint density at radius 2 is 1.92 bits per heavy atom. The zero-order valence-electron chi connectivity index (χ0n) is 8.55. The predicted octanol–water partition coefficient (Wildman–Crippen LogP) is 2.50. The van der Waals surface area contributed by atoms with Crippen LogP contribution in [0, 0.1) is 17.2 Å². The maximum Gasteiger partial charge on any atom is 0.0989 e. The van der Waals surface area contributed by atoms with Gasteiger partial charge in [0.05, 0.1) is 5.84 Å². The number of rotatable bonds is 1. The first kappa shape index (κ1) is 9.04. The Labute approximate surface area is 80.8 Å². The summed E-state index contributed by atoms with van der Waals surface area (Å²) in [6.45, 7) is 4.56. The van der Waals surface area contributed by atoms with Gasteiger partial charge in [-0.2, -0.15) is 0 Å². The molecule has 0 radical (unpaired) electrons. The van der Waals surface area contributed by atoms with Crippen LogP contribution in [-0.2, 0) is 0 Å². The molecule has 2 nitrogen and oxygen atoms in total. The van der Waals surface area contributed by atoms with Crippen molar-refractivity contribution in [2.24, 2.45) is 11.8 Å². The smallest absolute Gasteiger partial charge is 0.0989 e. The van der Waals surface area contributed by atoms with Crippen molar-refractivity contribution in [3.63, 3.8) is 0 Å². The van der Waals surface area contributed by atoms with E-state index in [1.807, 2.05) is 0 Å². The highest BCUT2D eigenvalue weighted by atomic mass is 15.2. The Bertz CT molecular complexity index is 194. The van der Waals surface area contributed by atoms with E-state index in [-0.39, 0.29) is 0 Å². The highest BCUT2D eigenvalue weighted by Crippen LogP contribution is 2.28. The SMILES string of the molecule is CC1CCN(C(=N)C2CCCC2)C1. The number of hydrogen-bond acceptors (Lipinski definition) is 1. The van der Waals surface area contributed by atoms with Crippen molar-refractivity contribution in [1.82, 2.24) is 4.90 Å². The van der Waals surface area contributed by atoms with E-state index in [4.69, 9.17) is 5.41 Å². The minimum atomic E-state index is 0.602. The van der Waals surface area contributed by atoms with Gasteiger partial charge in [0.2, 0.25) is 0 Å². The number of amidine groups is 1. The second-order valence-electron chi connectivity index (χ2n) is 4.71. The summed E-state index contributed by atoms with van der Waals surface area (Å²) in [5.41, 5.74) is 0. The van der Waals surface area contributed by atoms with Gasteiger partial charge in [-0.15, -0.1) is 0 Å². The van der Waals surface area contributed by atoms with Gasteiger partial charge in [0.25, 0.3) is 0 Å². The third kappa shape index (κ3) is 1.87. The molecule has 2 fully saturated rings. The minimum Gasteiger partial charge on any atom is -0.360 e. The summed E-state index contributed by atoms with van der Waals surface area (Å²) < 4.78 is 0. The molecular weight excluding hydrogens is 160 g/mol. The minimum absolute atomic E-state index is 0.602. The third-order valence-corrected chi connectivity index (χ3v) is 3.51. The van der Waals surface area contributed by atoms with Crippen LogP contribution >= 0.6 is 0 Å². The molecule has 1 saturated heterocycles. The summed E-state index contributed by atoms with van der Waals surface area (Å²) in [7, 11) is 0. The van der Waals surface area contributed by atoms with E-state index in [1.54, 1.807) is 0 Å². The molecule has 0 aromatic rings. The van der Waals surface area contributed by atoms with E-state index in [9.17, 15) is 0 Å². The fourth-order valence-corrected chi connectivity index (χ4v) is 2.61. The lowest BCUT2D eigenvalue weighted by molar-refractivity contribution is 0.453. The average Bonchev–Trinajstić information content (AvgIpc) is 2.72. The van der Waals surface area contributed by atoms with Gasteiger partial charge in [-0.1, -0.05) is 19.8 Å². The largest absolute Gasteiger partial charge is 0.360 e. The Morgan fingerprint density at radius 3 is 2.46 bits per heavy atom. The van der Waals surface area contributed by atoms with Gasteiger partial charge in [0.15, 0.2) is 0 Å². The van der Waals surface area contributed by atoms with E-state index in [2.05, 4.69) is 11.8 Å². The Morgan fingerprint density at radius 1 is 1.23 bits per heavy atom. The maximum absolute atomic E-state index is 8.10. The topological polar surface area (TPSA) is 27.1 Å². The molecule has 1 saturated carbocycles. The van der Waals surface area contributed by atoms with E-state index in [0.29, 0.717) is 5.92 Å². The fraction of sp³-hybridized carbons (Fsp3) is 0.909. The highest BCUT2D eigenvalue weighted by Gasteiger charge is 2.27. The summed E-state index contributed by atoms with van der Waals surface area (Å²) in [6.07, 6.45) is 6.51. The van der Waals surface area contributed by atoms with E-state index in [0.717, 1.165) is 24.8 Å². The van der Waals surface area contributed by atoms with E-state index < -0.39 is 0 Å². The Kier molecular flexibility index (Phi) is 2.56. The number of nitrogens with zero attached hydrogens (tertiary/aromatic N) is 1. The summed E-state index contributed by atoms with van der Waals surface area (Å²) in [4.78, 5) is 2.31. The summed E-state index contributed by atoms with van der Waals surface area (Å²) in [5, 5.41) is 8.10. The first-order valence-electron chi connectivity index (χ1n) is 5.61. The lowest BCUT2D eigenvalue weighted by Crippen LogP contribution is -2.32. The van der Waals surface area contributed by atoms with Gasteiger partial charge in [-0.25, -0.2) is 0 Å². The number of hydrogen-bond donors (Lipinski definition) is 1. The molecule has 0 aromatic heterocycles. The van der Waals surface area contributed by atoms with Gasteiger partial charge < -0.3 is 4.90 Å². The molecule has 1 heterocycles. The van der Waals surface area contributed by atoms with Crippen molar-refractivity contribution in [1.29, 1.82) is 5.41 Å². The molecule has 0 spiro atoms.